The zero-order chi connectivity index (χ0) is 18.9. The van der Waals surface area contributed by atoms with Crippen molar-refractivity contribution in [2.24, 2.45) is 0 Å². The summed E-state index contributed by atoms with van der Waals surface area (Å²) in [6, 6.07) is 8.45. The van der Waals surface area contributed by atoms with Crippen LogP contribution >= 0.6 is 11.5 Å². The summed E-state index contributed by atoms with van der Waals surface area (Å²) in [5.41, 5.74) is 1.59. The molecule has 2 aromatic heterocycles. The number of rotatable bonds is 4. The van der Waals surface area contributed by atoms with E-state index in [-0.39, 0.29) is 5.91 Å². The molecule has 1 aromatic carbocycles. The molecule has 28 heavy (non-hydrogen) atoms. The first-order chi connectivity index (χ1) is 13.8. The predicted molar refractivity (Wildman–Crippen MR) is 111 cm³/mol. The molecule has 0 radical (unpaired) electrons. The number of nitrogens with one attached hydrogen (secondary N) is 1. The van der Waals surface area contributed by atoms with Gasteiger partial charge in [0, 0.05) is 51.2 Å². The van der Waals surface area contributed by atoms with Gasteiger partial charge in [-0.1, -0.05) is 12.1 Å². The van der Waals surface area contributed by atoms with Crippen LogP contribution in [0.1, 0.15) is 22.6 Å². The monoisotopic (exact) mass is 396 g/mol. The van der Waals surface area contributed by atoms with Crippen molar-refractivity contribution in [3.63, 3.8) is 0 Å². The van der Waals surface area contributed by atoms with Crippen molar-refractivity contribution in [3.05, 3.63) is 42.0 Å². The quantitative estimate of drug-likeness (QED) is 0.732. The Morgan fingerprint density at radius 3 is 2.82 bits per heavy atom. The number of fused-ring (bicyclic) bond motifs is 2. The molecule has 2 aliphatic heterocycles. The fraction of sp³-hybridized carbons (Fsp3) is 0.450. The number of amides is 1. The van der Waals surface area contributed by atoms with Gasteiger partial charge in [0.1, 0.15) is 11.5 Å². The Morgan fingerprint density at radius 1 is 1.07 bits per heavy atom. The molecule has 0 spiro atoms. The van der Waals surface area contributed by atoms with Crippen molar-refractivity contribution in [1.82, 2.24) is 24.1 Å². The van der Waals surface area contributed by atoms with Gasteiger partial charge in [-0.25, -0.2) is 4.98 Å². The van der Waals surface area contributed by atoms with E-state index in [1.54, 1.807) is 17.9 Å². The van der Waals surface area contributed by atoms with Crippen LogP contribution in [0.5, 0.6) is 0 Å². The van der Waals surface area contributed by atoms with E-state index >= 15 is 0 Å². The highest BCUT2D eigenvalue weighted by atomic mass is 32.1. The first-order valence-electron chi connectivity index (χ1n) is 9.93. The van der Waals surface area contributed by atoms with Crippen molar-refractivity contribution >= 4 is 33.3 Å². The molecule has 8 heteroatoms. The first kappa shape index (κ1) is 17.6. The molecule has 2 aliphatic rings. The number of carbonyl (C=O) groups is 1. The molecule has 5 rings (SSSR count). The summed E-state index contributed by atoms with van der Waals surface area (Å²) in [6.45, 7) is 6.47. The Hall–Kier alpha value is -2.45. The number of hydrogen-bond acceptors (Lipinski definition) is 6. The van der Waals surface area contributed by atoms with Crippen LogP contribution < -0.4 is 4.90 Å². The normalized spacial score (nSPS) is 18.5. The van der Waals surface area contributed by atoms with E-state index in [2.05, 4.69) is 48.4 Å². The van der Waals surface area contributed by atoms with Gasteiger partial charge in [0.05, 0.1) is 16.7 Å². The molecule has 0 unspecified atom stereocenters. The number of carbonyl (C=O) groups excluding carboxylic acids is 1. The third kappa shape index (κ3) is 3.27. The van der Waals surface area contributed by atoms with Crippen LogP contribution in [-0.2, 0) is 6.42 Å². The number of anilines is 1. The lowest BCUT2D eigenvalue weighted by Crippen LogP contribution is -2.49. The number of H-pyrrole nitrogens is 1. The Bertz CT molecular complexity index is 974. The molecular formula is C20H24N6OS. The number of nitrogens with zero attached hydrogens (tertiary/aromatic N) is 5. The highest BCUT2D eigenvalue weighted by Crippen LogP contribution is 2.29. The molecule has 1 fully saturated rings. The number of benzene rings is 1. The number of imidazole rings is 1. The van der Waals surface area contributed by atoms with Crippen LogP contribution in [0.4, 0.5) is 5.82 Å². The van der Waals surface area contributed by atoms with E-state index in [1.165, 1.54) is 10.1 Å². The second-order valence-electron chi connectivity index (χ2n) is 7.45. The van der Waals surface area contributed by atoms with Gasteiger partial charge >= 0.3 is 0 Å². The summed E-state index contributed by atoms with van der Waals surface area (Å²) < 4.78 is 5.93. The molecule has 0 bridgehead atoms. The Balaban J connectivity index is 1.17. The molecule has 7 nitrogen and oxygen atoms in total. The molecule has 146 valence electrons. The average Bonchev–Trinajstić information content (AvgIpc) is 3.34. The summed E-state index contributed by atoms with van der Waals surface area (Å²) in [5, 5.41) is 1.26. The maximum Gasteiger partial charge on any atom is 0.272 e. The van der Waals surface area contributed by atoms with Crippen LogP contribution in [0.2, 0.25) is 0 Å². The summed E-state index contributed by atoms with van der Waals surface area (Å²) in [5.74, 6) is 1.22. The van der Waals surface area contributed by atoms with Gasteiger partial charge in [-0.15, -0.1) is 0 Å². The van der Waals surface area contributed by atoms with E-state index in [0.717, 1.165) is 70.2 Å². The van der Waals surface area contributed by atoms with Crippen LogP contribution in [0.25, 0.3) is 10.1 Å². The van der Waals surface area contributed by atoms with Crippen molar-refractivity contribution in [3.8, 4) is 0 Å². The SMILES string of the molecule is O=C1c2[nH]cnc2CCCN1CCN1CCN(c2nsc3ccccc23)CC1. The Morgan fingerprint density at radius 2 is 1.93 bits per heavy atom. The summed E-state index contributed by atoms with van der Waals surface area (Å²) in [6.07, 6.45) is 3.49. The standard InChI is InChI=1S/C20H24N6OS/c27-20-18-16(21-14-22-18)5-3-7-26(20)13-10-24-8-11-25(12-9-24)19-15-4-1-2-6-17(15)28-23-19/h1-2,4,6,14H,3,5,7-13H2,(H,21,22). The van der Waals surface area contributed by atoms with Gasteiger partial charge in [-0.2, -0.15) is 4.37 Å². The minimum Gasteiger partial charge on any atom is -0.353 e. The Kier molecular flexibility index (Phi) is 4.74. The first-order valence-corrected chi connectivity index (χ1v) is 10.7. The van der Waals surface area contributed by atoms with Crippen molar-refractivity contribution in [2.75, 3.05) is 50.7 Å². The van der Waals surface area contributed by atoms with Crippen molar-refractivity contribution in [1.29, 1.82) is 0 Å². The number of aryl methyl sites for hydroxylation is 1. The van der Waals surface area contributed by atoms with E-state index in [0.29, 0.717) is 5.69 Å². The van der Waals surface area contributed by atoms with Gasteiger partial charge in [0.25, 0.3) is 5.91 Å². The minimum atomic E-state index is 0.0950. The second kappa shape index (κ2) is 7.52. The highest BCUT2D eigenvalue weighted by Gasteiger charge is 2.26. The molecule has 0 atom stereocenters. The van der Waals surface area contributed by atoms with Gasteiger partial charge in [-0.3, -0.25) is 9.69 Å². The molecule has 1 N–H and O–H groups in total. The zero-order valence-electron chi connectivity index (χ0n) is 15.8. The molecule has 1 amide bonds. The minimum absolute atomic E-state index is 0.0950. The maximum absolute atomic E-state index is 12.7. The molecule has 0 aliphatic carbocycles. The topological polar surface area (TPSA) is 68.4 Å². The number of aromatic nitrogens is 3. The molecular weight excluding hydrogens is 372 g/mol. The molecule has 1 saturated heterocycles. The van der Waals surface area contributed by atoms with Gasteiger partial charge < -0.3 is 14.8 Å². The zero-order valence-corrected chi connectivity index (χ0v) is 16.6. The maximum atomic E-state index is 12.7. The van der Waals surface area contributed by atoms with Crippen LogP contribution in [-0.4, -0.2) is 75.9 Å². The van der Waals surface area contributed by atoms with Gasteiger partial charge in [0.2, 0.25) is 0 Å². The number of piperazine rings is 1. The lowest BCUT2D eigenvalue weighted by molar-refractivity contribution is 0.0734. The van der Waals surface area contributed by atoms with E-state index in [9.17, 15) is 4.79 Å². The highest BCUT2D eigenvalue weighted by molar-refractivity contribution is 7.13. The Labute approximate surface area is 168 Å². The van der Waals surface area contributed by atoms with Crippen LogP contribution in [0, 0.1) is 0 Å². The van der Waals surface area contributed by atoms with E-state index in [1.807, 2.05) is 4.90 Å². The summed E-state index contributed by atoms with van der Waals surface area (Å²) in [7, 11) is 0. The molecule has 3 aromatic rings. The van der Waals surface area contributed by atoms with Gasteiger partial charge in [-0.05, 0) is 36.5 Å². The van der Waals surface area contributed by atoms with Crippen molar-refractivity contribution in [2.45, 2.75) is 12.8 Å². The lowest BCUT2D eigenvalue weighted by Gasteiger charge is -2.36. The fourth-order valence-corrected chi connectivity index (χ4v) is 4.95. The van der Waals surface area contributed by atoms with Crippen LogP contribution in [0.3, 0.4) is 0 Å². The smallest absolute Gasteiger partial charge is 0.272 e. The van der Waals surface area contributed by atoms with Gasteiger partial charge in [0.15, 0.2) is 0 Å². The van der Waals surface area contributed by atoms with E-state index in [4.69, 9.17) is 0 Å². The summed E-state index contributed by atoms with van der Waals surface area (Å²) >= 11 is 1.58. The fourth-order valence-electron chi connectivity index (χ4n) is 4.15. The lowest BCUT2D eigenvalue weighted by atomic mass is 10.2. The van der Waals surface area contributed by atoms with Crippen LogP contribution in [0.15, 0.2) is 30.6 Å². The van der Waals surface area contributed by atoms with E-state index < -0.39 is 0 Å². The largest absolute Gasteiger partial charge is 0.353 e. The summed E-state index contributed by atoms with van der Waals surface area (Å²) in [4.78, 5) is 26.9. The number of aromatic amines is 1. The predicted octanol–water partition coefficient (Wildman–Crippen LogP) is 2.23. The van der Waals surface area contributed by atoms with Crippen molar-refractivity contribution < 1.29 is 4.79 Å². The molecule has 0 saturated carbocycles. The third-order valence-corrected chi connectivity index (χ3v) is 6.59. The number of hydrogen-bond donors (Lipinski definition) is 1. The average molecular weight is 397 g/mol. The third-order valence-electron chi connectivity index (χ3n) is 5.78. The molecule has 4 heterocycles. The second-order valence-corrected chi connectivity index (χ2v) is 8.26.